The summed E-state index contributed by atoms with van der Waals surface area (Å²) in [5, 5.41) is 18.2. The average Bonchev–Trinajstić information content (AvgIpc) is 2.85. The van der Waals surface area contributed by atoms with Gasteiger partial charge in [0.2, 0.25) is 15.9 Å². The lowest BCUT2D eigenvalue weighted by molar-refractivity contribution is -0.121. The molecule has 9 heteroatoms. The summed E-state index contributed by atoms with van der Waals surface area (Å²) in [5.74, 6) is -0.785. The van der Waals surface area contributed by atoms with E-state index in [4.69, 9.17) is 5.14 Å². The summed E-state index contributed by atoms with van der Waals surface area (Å²) in [5.41, 5.74) is 2.78. The van der Waals surface area contributed by atoms with Crippen molar-refractivity contribution in [3.05, 3.63) is 89.5 Å². The van der Waals surface area contributed by atoms with E-state index in [-0.39, 0.29) is 33.9 Å². The molecule has 182 valence electrons. The molecule has 1 aliphatic rings. The second-order valence-electron chi connectivity index (χ2n) is 8.64. The van der Waals surface area contributed by atoms with Crippen LogP contribution in [0.1, 0.15) is 34.3 Å². The van der Waals surface area contributed by atoms with Gasteiger partial charge in [-0.05, 0) is 66.8 Å². The number of nitrogens with one attached hydrogen (secondary N) is 1. The van der Waals surface area contributed by atoms with E-state index < -0.39 is 10.0 Å². The van der Waals surface area contributed by atoms with Gasteiger partial charge in [-0.3, -0.25) is 9.59 Å². The number of hydrogen-bond acceptors (Lipinski definition) is 5. The van der Waals surface area contributed by atoms with E-state index in [0.29, 0.717) is 38.0 Å². The number of benzene rings is 3. The number of rotatable bonds is 6. The Kier molecular flexibility index (Phi) is 7.18. The number of phenolic OH excluding ortho intramolecular Hbond substituents is 1. The van der Waals surface area contributed by atoms with Crippen LogP contribution < -0.4 is 10.5 Å². The third-order valence-electron chi connectivity index (χ3n) is 6.15. The lowest BCUT2D eigenvalue weighted by atomic mass is 9.94. The summed E-state index contributed by atoms with van der Waals surface area (Å²) in [7, 11) is -3.80. The Hall–Kier alpha value is -3.69. The number of nitrogens with zero attached hydrogens (tertiary/aromatic N) is 1. The standard InChI is InChI=1S/C26H27N3O5S/c27-35(33,34)22-9-7-21(8-10-22)28-25(31)20-12-14-29(15-13-20)26(32)23-17-19(6-11-24(23)30)16-18-4-2-1-3-5-18/h1-11,17,20,30H,12-16H2,(H,28,31)(H2,27,33,34). The molecular formula is C26H27N3O5S. The Morgan fingerprint density at radius 3 is 2.23 bits per heavy atom. The molecule has 1 aliphatic heterocycles. The van der Waals surface area contributed by atoms with Crippen LogP contribution in [0.4, 0.5) is 5.69 Å². The predicted molar refractivity (Wildman–Crippen MR) is 132 cm³/mol. The number of carbonyl (C=O) groups excluding carboxylic acids is 2. The highest BCUT2D eigenvalue weighted by Gasteiger charge is 2.29. The van der Waals surface area contributed by atoms with Crippen LogP contribution in [-0.4, -0.2) is 43.3 Å². The SMILES string of the molecule is NS(=O)(=O)c1ccc(NC(=O)C2CCN(C(=O)c3cc(Cc4ccccc4)ccc3O)CC2)cc1. The Morgan fingerprint density at radius 2 is 1.60 bits per heavy atom. The predicted octanol–water partition coefficient (Wildman–Crippen LogP) is 3.12. The minimum atomic E-state index is -3.80. The summed E-state index contributed by atoms with van der Waals surface area (Å²) >= 11 is 0. The van der Waals surface area contributed by atoms with Gasteiger partial charge in [-0.25, -0.2) is 13.6 Å². The van der Waals surface area contributed by atoms with E-state index in [0.717, 1.165) is 11.1 Å². The molecule has 4 rings (SSSR count). The second-order valence-corrected chi connectivity index (χ2v) is 10.2. The lowest BCUT2D eigenvalue weighted by Gasteiger charge is -2.31. The molecule has 1 heterocycles. The van der Waals surface area contributed by atoms with Crippen LogP contribution in [0.2, 0.25) is 0 Å². The molecule has 3 aromatic rings. The van der Waals surface area contributed by atoms with E-state index in [2.05, 4.69) is 5.32 Å². The molecule has 0 saturated carbocycles. The molecule has 2 amide bonds. The highest BCUT2D eigenvalue weighted by atomic mass is 32.2. The van der Waals surface area contributed by atoms with Gasteiger partial charge >= 0.3 is 0 Å². The summed E-state index contributed by atoms with van der Waals surface area (Å²) in [6.07, 6.45) is 1.62. The van der Waals surface area contributed by atoms with Crippen LogP contribution in [0.25, 0.3) is 0 Å². The number of likely N-dealkylation sites (tertiary alicyclic amines) is 1. The van der Waals surface area contributed by atoms with E-state index >= 15 is 0 Å². The van der Waals surface area contributed by atoms with Gasteiger partial charge in [0, 0.05) is 24.7 Å². The van der Waals surface area contributed by atoms with Crippen LogP contribution in [0.5, 0.6) is 5.75 Å². The van der Waals surface area contributed by atoms with E-state index in [9.17, 15) is 23.1 Å². The number of hydrogen-bond donors (Lipinski definition) is 3. The number of sulfonamides is 1. The molecule has 0 bridgehead atoms. The second kappa shape index (κ2) is 10.3. The first-order valence-electron chi connectivity index (χ1n) is 11.3. The van der Waals surface area contributed by atoms with Crippen molar-refractivity contribution >= 4 is 27.5 Å². The summed E-state index contributed by atoms with van der Waals surface area (Å²) < 4.78 is 22.7. The van der Waals surface area contributed by atoms with E-state index in [1.54, 1.807) is 17.0 Å². The highest BCUT2D eigenvalue weighted by molar-refractivity contribution is 7.89. The third-order valence-corrected chi connectivity index (χ3v) is 7.08. The molecule has 3 aromatic carbocycles. The fourth-order valence-corrected chi connectivity index (χ4v) is 4.70. The molecule has 1 fully saturated rings. The van der Waals surface area contributed by atoms with Crippen molar-refractivity contribution < 1.29 is 23.1 Å². The zero-order valence-electron chi connectivity index (χ0n) is 19.1. The highest BCUT2D eigenvalue weighted by Crippen LogP contribution is 2.26. The minimum absolute atomic E-state index is 0.0292. The summed E-state index contributed by atoms with van der Waals surface area (Å²) in [6, 6.07) is 20.6. The zero-order chi connectivity index (χ0) is 25.0. The van der Waals surface area contributed by atoms with Crippen LogP contribution in [0, 0.1) is 5.92 Å². The summed E-state index contributed by atoms with van der Waals surface area (Å²) in [4.78, 5) is 27.4. The molecule has 35 heavy (non-hydrogen) atoms. The molecule has 1 saturated heterocycles. The Bertz CT molecular complexity index is 1320. The molecule has 0 aromatic heterocycles. The van der Waals surface area contributed by atoms with Gasteiger partial charge in [0.05, 0.1) is 10.5 Å². The molecule has 0 unspecified atom stereocenters. The van der Waals surface area contributed by atoms with Crippen molar-refractivity contribution in [3.63, 3.8) is 0 Å². The number of aromatic hydroxyl groups is 1. The van der Waals surface area contributed by atoms with Crippen LogP contribution in [0.3, 0.4) is 0 Å². The number of anilines is 1. The van der Waals surface area contributed by atoms with Crippen LogP contribution >= 0.6 is 0 Å². The first kappa shape index (κ1) is 24.4. The van der Waals surface area contributed by atoms with Crippen LogP contribution in [-0.2, 0) is 21.2 Å². The van der Waals surface area contributed by atoms with Crippen molar-refractivity contribution in [2.75, 3.05) is 18.4 Å². The van der Waals surface area contributed by atoms with Gasteiger partial charge in [-0.2, -0.15) is 0 Å². The maximum Gasteiger partial charge on any atom is 0.257 e. The van der Waals surface area contributed by atoms with Gasteiger partial charge in [-0.1, -0.05) is 36.4 Å². The smallest absolute Gasteiger partial charge is 0.257 e. The number of carbonyl (C=O) groups is 2. The fraction of sp³-hybridized carbons (Fsp3) is 0.231. The van der Waals surface area contributed by atoms with Crippen LogP contribution in [0.15, 0.2) is 77.7 Å². The average molecular weight is 494 g/mol. The molecular weight excluding hydrogens is 466 g/mol. The monoisotopic (exact) mass is 493 g/mol. The number of nitrogens with two attached hydrogens (primary N) is 1. The molecule has 4 N–H and O–H groups in total. The van der Waals surface area contributed by atoms with Crippen molar-refractivity contribution in [2.24, 2.45) is 11.1 Å². The van der Waals surface area contributed by atoms with Crippen molar-refractivity contribution in [2.45, 2.75) is 24.2 Å². The molecule has 0 atom stereocenters. The minimum Gasteiger partial charge on any atom is -0.507 e. The maximum atomic E-state index is 13.1. The van der Waals surface area contributed by atoms with E-state index in [1.807, 2.05) is 36.4 Å². The third kappa shape index (κ3) is 6.06. The number of amides is 2. The topological polar surface area (TPSA) is 130 Å². The van der Waals surface area contributed by atoms with Gasteiger partial charge in [0.1, 0.15) is 5.75 Å². The number of primary sulfonamides is 1. The van der Waals surface area contributed by atoms with Crippen molar-refractivity contribution in [1.82, 2.24) is 4.90 Å². The summed E-state index contributed by atoms with van der Waals surface area (Å²) in [6.45, 7) is 0.785. The Labute approximate surface area is 204 Å². The van der Waals surface area contributed by atoms with Gasteiger partial charge in [0.25, 0.3) is 5.91 Å². The normalized spacial score (nSPS) is 14.5. The molecule has 0 spiro atoms. The fourth-order valence-electron chi connectivity index (χ4n) is 4.18. The number of piperidine rings is 1. The first-order chi connectivity index (χ1) is 16.7. The number of phenols is 1. The quantitative estimate of drug-likeness (QED) is 0.486. The molecule has 0 aliphatic carbocycles. The van der Waals surface area contributed by atoms with E-state index in [1.165, 1.54) is 24.3 Å². The lowest BCUT2D eigenvalue weighted by Crippen LogP contribution is -2.41. The largest absolute Gasteiger partial charge is 0.507 e. The van der Waals surface area contributed by atoms with Gasteiger partial charge in [-0.15, -0.1) is 0 Å². The zero-order valence-corrected chi connectivity index (χ0v) is 19.9. The van der Waals surface area contributed by atoms with Gasteiger partial charge < -0.3 is 15.3 Å². The molecule has 0 radical (unpaired) electrons. The van der Waals surface area contributed by atoms with Crippen molar-refractivity contribution in [3.8, 4) is 5.75 Å². The molecule has 8 nitrogen and oxygen atoms in total. The Balaban J connectivity index is 1.35. The van der Waals surface area contributed by atoms with Crippen molar-refractivity contribution in [1.29, 1.82) is 0 Å². The maximum absolute atomic E-state index is 13.1. The van der Waals surface area contributed by atoms with Gasteiger partial charge in [0.15, 0.2) is 0 Å². The first-order valence-corrected chi connectivity index (χ1v) is 12.8. The Morgan fingerprint density at radius 1 is 0.943 bits per heavy atom.